The number of H-pyrrole nitrogens is 1. The molecule has 6 nitrogen and oxygen atoms in total. The van der Waals surface area contributed by atoms with E-state index < -0.39 is 0 Å². The largest absolute Gasteiger partial charge is 0.506 e. The number of fused-ring (bicyclic) bond motifs is 1. The first-order valence-corrected chi connectivity index (χ1v) is 7.48. The number of nitrogens with one attached hydrogen (secondary N) is 2. The lowest BCUT2D eigenvalue weighted by molar-refractivity contribution is 0.0949. The Balaban J connectivity index is 1.75. The summed E-state index contributed by atoms with van der Waals surface area (Å²) < 4.78 is 0.819. The van der Waals surface area contributed by atoms with Crippen molar-refractivity contribution in [1.29, 1.82) is 0 Å². The van der Waals surface area contributed by atoms with E-state index in [1.807, 2.05) is 0 Å². The fraction of sp³-hybridized carbons (Fsp3) is 0.133. The number of imidazole rings is 1. The molecule has 1 amide bonds. The molecular weight excluding hydrogens is 348 g/mol. The molecule has 0 unspecified atom stereocenters. The third kappa shape index (κ3) is 2.94. The third-order valence-electron chi connectivity index (χ3n) is 3.25. The number of hydrogen-bond acceptors (Lipinski definition) is 4. The predicted octanol–water partition coefficient (Wildman–Crippen LogP) is 2.40. The fourth-order valence-corrected chi connectivity index (χ4v) is 2.57. The number of benzene rings is 1. The molecule has 0 fully saturated rings. The van der Waals surface area contributed by atoms with Gasteiger partial charge in [0.05, 0.1) is 6.33 Å². The summed E-state index contributed by atoms with van der Waals surface area (Å²) in [6, 6.07) is 6.68. The van der Waals surface area contributed by atoms with Crippen LogP contribution in [0.3, 0.4) is 0 Å². The van der Waals surface area contributed by atoms with Crippen LogP contribution in [0, 0.1) is 0 Å². The Hall–Kier alpha value is -2.41. The normalized spacial score (nSPS) is 10.8. The Morgan fingerprint density at radius 1 is 1.32 bits per heavy atom. The zero-order valence-corrected chi connectivity index (χ0v) is 13.1. The minimum atomic E-state index is -0.277. The Morgan fingerprint density at radius 2 is 2.18 bits per heavy atom. The van der Waals surface area contributed by atoms with Crippen molar-refractivity contribution in [2.24, 2.45) is 0 Å². The molecule has 22 heavy (non-hydrogen) atoms. The molecule has 0 radical (unpaired) electrons. The first-order chi connectivity index (χ1) is 10.6. The van der Waals surface area contributed by atoms with E-state index >= 15 is 0 Å². The summed E-state index contributed by atoms with van der Waals surface area (Å²) in [5.41, 5.74) is 1.62. The van der Waals surface area contributed by atoms with Crippen molar-refractivity contribution < 1.29 is 9.90 Å². The maximum Gasteiger partial charge on any atom is 0.269 e. The van der Waals surface area contributed by atoms with Crippen molar-refractivity contribution in [2.45, 2.75) is 6.42 Å². The Morgan fingerprint density at radius 3 is 2.95 bits per heavy atom. The summed E-state index contributed by atoms with van der Waals surface area (Å²) in [5.74, 6) is -0.230. The molecule has 0 atom stereocenters. The van der Waals surface area contributed by atoms with Gasteiger partial charge in [0.25, 0.3) is 5.91 Å². The summed E-state index contributed by atoms with van der Waals surface area (Å²) in [4.78, 5) is 23.2. The highest BCUT2D eigenvalue weighted by Gasteiger charge is 2.11. The maximum absolute atomic E-state index is 12.1. The van der Waals surface area contributed by atoms with Crippen molar-refractivity contribution in [3.05, 3.63) is 52.7 Å². The molecule has 0 bridgehead atoms. The number of hydrogen-bond donors (Lipinski definition) is 3. The number of carbonyl (C=O) groups excluding carboxylic acids is 1. The zero-order chi connectivity index (χ0) is 15.5. The number of halogens is 1. The number of phenols is 1. The average Bonchev–Trinajstić information content (AvgIpc) is 3.04. The highest BCUT2D eigenvalue weighted by molar-refractivity contribution is 9.10. The number of rotatable bonds is 4. The topological polar surface area (TPSA) is 90.9 Å². The second-order valence-corrected chi connectivity index (χ2v) is 5.60. The maximum atomic E-state index is 12.1. The third-order valence-corrected chi connectivity index (χ3v) is 3.94. The molecule has 0 aliphatic carbocycles. The summed E-state index contributed by atoms with van der Waals surface area (Å²) in [5, 5.41) is 13.4. The van der Waals surface area contributed by atoms with Gasteiger partial charge in [-0.1, -0.05) is 15.9 Å². The Bertz CT molecular complexity index is 818. The molecule has 0 aliphatic rings. The first kappa shape index (κ1) is 14.5. The van der Waals surface area contributed by atoms with Crippen LogP contribution in [-0.4, -0.2) is 32.5 Å². The molecule has 3 N–H and O–H groups in total. The lowest BCUT2D eigenvalue weighted by Crippen LogP contribution is -2.26. The van der Waals surface area contributed by atoms with Gasteiger partial charge in [-0.05, 0) is 24.3 Å². The molecule has 2 aromatic heterocycles. The Labute approximate surface area is 134 Å². The van der Waals surface area contributed by atoms with E-state index in [0.717, 1.165) is 15.6 Å². The molecule has 0 spiro atoms. The van der Waals surface area contributed by atoms with Gasteiger partial charge in [-0.3, -0.25) is 4.79 Å². The molecule has 3 aromatic rings. The number of phenolic OH excluding ortho intramolecular Hbond substituents is 1. The summed E-state index contributed by atoms with van der Waals surface area (Å²) in [6.45, 7) is 0.477. The SMILES string of the molecule is O=C(NCCc1cnc[nH]1)c1ccc2c(Br)ccc(O)c2n1. The van der Waals surface area contributed by atoms with E-state index in [-0.39, 0.29) is 17.4 Å². The number of aromatic hydroxyl groups is 1. The lowest BCUT2D eigenvalue weighted by Gasteiger charge is -2.07. The number of carbonyl (C=O) groups is 1. The zero-order valence-electron chi connectivity index (χ0n) is 11.5. The molecule has 0 saturated heterocycles. The van der Waals surface area contributed by atoms with Crippen molar-refractivity contribution in [2.75, 3.05) is 6.54 Å². The summed E-state index contributed by atoms with van der Waals surface area (Å²) >= 11 is 3.40. The minimum Gasteiger partial charge on any atom is -0.506 e. The molecule has 1 aromatic carbocycles. The highest BCUT2D eigenvalue weighted by atomic mass is 79.9. The van der Waals surface area contributed by atoms with Gasteiger partial charge in [-0.25, -0.2) is 9.97 Å². The van der Waals surface area contributed by atoms with Gasteiger partial charge >= 0.3 is 0 Å². The summed E-state index contributed by atoms with van der Waals surface area (Å²) in [7, 11) is 0. The number of nitrogens with zero attached hydrogens (tertiary/aromatic N) is 2. The molecule has 112 valence electrons. The Kier molecular flexibility index (Phi) is 4.06. The smallest absolute Gasteiger partial charge is 0.269 e. The molecule has 7 heteroatoms. The highest BCUT2D eigenvalue weighted by Crippen LogP contribution is 2.29. The monoisotopic (exact) mass is 360 g/mol. The van der Waals surface area contributed by atoms with E-state index in [0.29, 0.717) is 18.5 Å². The molecule has 0 saturated carbocycles. The van der Waals surface area contributed by atoms with Crippen LogP contribution < -0.4 is 5.32 Å². The predicted molar refractivity (Wildman–Crippen MR) is 85.7 cm³/mol. The molecule has 0 aliphatic heterocycles. The van der Waals surface area contributed by atoms with E-state index in [2.05, 4.69) is 36.2 Å². The van der Waals surface area contributed by atoms with Crippen molar-refractivity contribution in [1.82, 2.24) is 20.3 Å². The van der Waals surface area contributed by atoms with Gasteiger partial charge in [0.15, 0.2) is 0 Å². The van der Waals surface area contributed by atoms with Gasteiger partial charge in [0.1, 0.15) is 17.0 Å². The molecular formula is C15H13BrN4O2. The van der Waals surface area contributed by atoms with Crippen molar-refractivity contribution >= 4 is 32.7 Å². The van der Waals surface area contributed by atoms with E-state index in [1.165, 1.54) is 0 Å². The number of pyridine rings is 1. The van der Waals surface area contributed by atoms with Gasteiger partial charge in [-0.2, -0.15) is 0 Å². The minimum absolute atomic E-state index is 0.0466. The number of aromatic nitrogens is 3. The van der Waals surface area contributed by atoms with Crippen molar-refractivity contribution in [3.8, 4) is 5.75 Å². The van der Waals surface area contributed by atoms with Crippen LogP contribution >= 0.6 is 15.9 Å². The van der Waals surface area contributed by atoms with Crippen LogP contribution in [0.25, 0.3) is 10.9 Å². The van der Waals surface area contributed by atoms with Gasteiger partial charge in [0.2, 0.25) is 0 Å². The van der Waals surface area contributed by atoms with Gasteiger partial charge < -0.3 is 15.4 Å². The van der Waals surface area contributed by atoms with Crippen molar-refractivity contribution in [3.63, 3.8) is 0 Å². The van der Waals surface area contributed by atoms with Crippen LogP contribution in [0.5, 0.6) is 5.75 Å². The molecule has 2 heterocycles. The second kappa shape index (κ2) is 6.15. The van der Waals surface area contributed by atoms with Crippen LogP contribution in [0.2, 0.25) is 0 Å². The van der Waals surface area contributed by atoms with Crippen LogP contribution in [-0.2, 0) is 6.42 Å². The standard InChI is InChI=1S/C15H13BrN4O2/c16-11-2-4-13(21)14-10(11)1-3-12(20-14)15(22)18-6-5-9-7-17-8-19-9/h1-4,7-8,21H,5-6H2,(H,17,19)(H,18,22). The number of aromatic amines is 1. The van der Waals surface area contributed by atoms with Crippen LogP contribution in [0.15, 0.2) is 41.3 Å². The summed E-state index contributed by atoms with van der Waals surface area (Å²) in [6.07, 6.45) is 3.98. The van der Waals surface area contributed by atoms with Gasteiger partial charge in [0, 0.05) is 34.7 Å². The average molecular weight is 361 g/mol. The number of amides is 1. The van der Waals surface area contributed by atoms with E-state index in [9.17, 15) is 9.90 Å². The van der Waals surface area contributed by atoms with Crippen LogP contribution in [0.1, 0.15) is 16.2 Å². The van der Waals surface area contributed by atoms with Gasteiger partial charge in [-0.15, -0.1) is 0 Å². The van der Waals surface area contributed by atoms with Crippen LogP contribution in [0.4, 0.5) is 0 Å². The molecule has 3 rings (SSSR count). The fourth-order valence-electron chi connectivity index (χ4n) is 2.12. The lowest BCUT2D eigenvalue weighted by atomic mass is 10.2. The van der Waals surface area contributed by atoms with E-state index in [1.54, 1.807) is 36.8 Å². The first-order valence-electron chi connectivity index (χ1n) is 6.69. The van der Waals surface area contributed by atoms with E-state index in [4.69, 9.17) is 0 Å². The quantitative estimate of drug-likeness (QED) is 0.666. The second-order valence-electron chi connectivity index (χ2n) is 4.74.